The molecule has 4 nitrogen and oxygen atoms in total. The first-order valence-electron chi connectivity index (χ1n) is 8.00. The van der Waals surface area contributed by atoms with Gasteiger partial charge >= 0.3 is 5.97 Å². The lowest BCUT2D eigenvalue weighted by Crippen LogP contribution is -2.27. The summed E-state index contributed by atoms with van der Waals surface area (Å²) in [5.74, 6) is -1.18. The fraction of sp³-hybridized carbons (Fsp3) is 0.368. The molecule has 0 unspecified atom stereocenters. The number of carboxylic acids is 1. The zero-order chi connectivity index (χ0) is 17.0. The number of aryl methyl sites for hydroxylation is 2. The number of pyridine rings is 1. The van der Waals surface area contributed by atoms with E-state index in [1.54, 1.807) is 10.6 Å². The number of nitrogens with zero attached hydrogens (tertiary/aromatic N) is 1. The average molecular weight is 313 g/mol. The predicted octanol–water partition coefficient (Wildman–Crippen LogP) is 4.02. The molecule has 0 saturated heterocycles. The monoisotopic (exact) mass is 313 g/mol. The third-order valence-corrected chi connectivity index (χ3v) is 4.19. The second-order valence-electron chi connectivity index (χ2n) is 5.90. The van der Waals surface area contributed by atoms with Crippen molar-refractivity contribution in [3.63, 3.8) is 0 Å². The molecule has 0 amide bonds. The van der Waals surface area contributed by atoms with Crippen molar-refractivity contribution in [2.24, 2.45) is 0 Å². The number of carboxylic acid groups (broad SMARTS) is 1. The Morgan fingerprint density at radius 1 is 1.09 bits per heavy atom. The van der Waals surface area contributed by atoms with Gasteiger partial charge < -0.3 is 9.67 Å². The largest absolute Gasteiger partial charge is 0.477 e. The second kappa shape index (κ2) is 7.27. The molecule has 1 heterocycles. The Labute approximate surface area is 136 Å². The van der Waals surface area contributed by atoms with Crippen molar-refractivity contribution in [3.8, 4) is 11.3 Å². The third-order valence-electron chi connectivity index (χ3n) is 4.19. The fourth-order valence-electron chi connectivity index (χ4n) is 2.64. The summed E-state index contributed by atoms with van der Waals surface area (Å²) in [6, 6.07) is 9.19. The lowest BCUT2D eigenvalue weighted by Gasteiger charge is -2.15. The summed E-state index contributed by atoms with van der Waals surface area (Å²) in [7, 11) is 0. The molecule has 122 valence electrons. The van der Waals surface area contributed by atoms with Crippen LogP contribution < -0.4 is 5.56 Å². The first kappa shape index (κ1) is 17.0. The standard InChI is InChI=1S/C19H23NO3/c1-4-5-6-11-20-17(10-9-16(18(20)21)19(22)23)15-8-7-13(2)14(3)12-15/h7-10,12H,4-6,11H2,1-3H3,(H,22,23). The van der Waals surface area contributed by atoms with Crippen LogP contribution in [0, 0.1) is 13.8 Å². The van der Waals surface area contributed by atoms with Gasteiger partial charge in [-0.25, -0.2) is 4.79 Å². The van der Waals surface area contributed by atoms with E-state index in [9.17, 15) is 14.7 Å². The number of hydrogen-bond acceptors (Lipinski definition) is 2. The number of hydrogen-bond donors (Lipinski definition) is 1. The van der Waals surface area contributed by atoms with Crippen LogP contribution in [0.1, 0.15) is 47.7 Å². The molecule has 23 heavy (non-hydrogen) atoms. The van der Waals surface area contributed by atoms with Crippen LogP contribution in [0.3, 0.4) is 0 Å². The van der Waals surface area contributed by atoms with Gasteiger partial charge in [0.15, 0.2) is 0 Å². The van der Waals surface area contributed by atoms with Crippen LogP contribution in [0.4, 0.5) is 0 Å². The van der Waals surface area contributed by atoms with Crippen molar-refractivity contribution in [3.05, 3.63) is 57.4 Å². The maximum atomic E-state index is 12.5. The Bertz CT molecular complexity index is 775. The molecule has 1 aromatic heterocycles. The highest BCUT2D eigenvalue weighted by molar-refractivity contribution is 5.87. The fourth-order valence-corrected chi connectivity index (χ4v) is 2.64. The van der Waals surface area contributed by atoms with Crippen molar-refractivity contribution in [1.82, 2.24) is 4.57 Å². The molecule has 1 aromatic carbocycles. The summed E-state index contributed by atoms with van der Waals surface area (Å²) < 4.78 is 1.60. The molecule has 0 fully saturated rings. The smallest absolute Gasteiger partial charge is 0.341 e. The minimum absolute atomic E-state index is 0.172. The molecule has 1 N–H and O–H groups in total. The number of rotatable bonds is 6. The first-order valence-corrected chi connectivity index (χ1v) is 8.00. The number of unbranched alkanes of at least 4 members (excludes halogenated alkanes) is 2. The van der Waals surface area contributed by atoms with Crippen LogP contribution in [0.2, 0.25) is 0 Å². The van der Waals surface area contributed by atoms with Gasteiger partial charge in [-0.3, -0.25) is 4.79 Å². The van der Waals surface area contributed by atoms with Gasteiger partial charge in [-0.05, 0) is 55.2 Å². The summed E-state index contributed by atoms with van der Waals surface area (Å²) in [4.78, 5) is 23.8. The van der Waals surface area contributed by atoms with Crippen LogP contribution in [0.5, 0.6) is 0 Å². The van der Waals surface area contributed by atoms with E-state index in [2.05, 4.69) is 6.92 Å². The van der Waals surface area contributed by atoms with E-state index in [1.807, 2.05) is 32.0 Å². The summed E-state index contributed by atoms with van der Waals surface area (Å²) in [5, 5.41) is 9.19. The van der Waals surface area contributed by atoms with E-state index in [1.165, 1.54) is 11.6 Å². The van der Waals surface area contributed by atoms with Gasteiger partial charge in [-0.2, -0.15) is 0 Å². The van der Waals surface area contributed by atoms with E-state index in [0.717, 1.165) is 36.1 Å². The molecule has 0 aliphatic heterocycles. The van der Waals surface area contributed by atoms with Gasteiger partial charge in [-0.15, -0.1) is 0 Å². The molecule has 0 atom stereocenters. The lowest BCUT2D eigenvalue weighted by atomic mass is 10.0. The highest BCUT2D eigenvalue weighted by Gasteiger charge is 2.15. The highest BCUT2D eigenvalue weighted by atomic mass is 16.4. The molecule has 0 aliphatic carbocycles. The molecule has 0 spiro atoms. The van der Waals surface area contributed by atoms with Crippen molar-refractivity contribution < 1.29 is 9.90 Å². The van der Waals surface area contributed by atoms with Crippen LogP contribution in [0.15, 0.2) is 35.1 Å². The summed E-state index contributed by atoms with van der Waals surface area (Å²) in [6.07, 6.45) is 2.92. The van der Waals surface area contributed by atoms with E-state index in [-0.39, 0.29) is 5.56 Å². The van der Waals surface area contributed by atoms with Gasteiger partial charge in [-0.1, -0.05) is 31.9 Å². The molecular weight excluding hydrogens is 290 g/mol. The zero-order valence-corrected chi connectivity index (χ0v) is 13.9. The van der Waals surface area contributed by atoms with Gasteiger partial charge in [0, 0.05) is 6.54 Å². The summed E-state index contributed by atoms with van der Waals surface area (Å²) >= 11 is 0. The molecule has 4 heteroatoms. The Morgan fingerprint density at radius 2 is 1.83 bits per heavy atom. The van der Waals surface area contributed by atoms with Gasteiger partial charge in [0.25, 0.3) is 5.56 Å². The van der Waals surface area contributed by atoms with Gasteiger partial charge in [0.2, 0.25) is 0 Å². The SMILES string of the molecule is CCCCCn1c(-c2ccc(C)c(C)c2)ccc(C(=O)O)c1=O. The van der Waals surface area contributed by atoms with Gasteiger partial charge in [0.05, 0.1) is 5.69 Å². The zero-order valence-electron chi connectivity index (χ0n) is 13.9. The van der Waals surface area contributed by atoms with Crippen molar-refractivity contribution >= 4 is 5.97 Å². The van der Waals surface area contributed by atoms with Crippen LogP contribution >= 0.6 is 0 Å². The van der Waals surface area contributed by atoms with E-state index in [4.69, 9.17) is 0 Å². The van der Waals surface area contributed by atoms with E-state index in [0.29, 0.717) is 6.54 Å². The van der Waals surface area contributed by atoms with Crippen molar-refractivity contribution in [1.29, 1.82) is 0 Å². The molecule has 0 saturated carbocycles. The molecule has 0 aliphatic rings. The summed E-state index contributed by atoms with van der Waals surface area (Å²) in [5.41, 5.74) is 3.46. The average Bonchev–Trinajstić information content (AvgIpc) is 2.51. The number of aromatic nitrogens is 1. The second-order valence-corrected chi connectivity index (χ2v) is 5.90. The predicted molar refractivity (Wildman–Crippen MR) is 92.1 cm³/mol. The maximum absolute atomic E-state index is 12.5. The lowest BCUT2D eigenvalue weighted by molar-refractivity contribution is 0.0694. The quantitative estimate of drug-likeness (QED) is 0.819. The van der Waals surface area contributed by atoms with Crippen LogP contribution in [-0.2, 0) is 6.54 Å². The van der Waals surface area contributed by atoms with Crippen molar-refractivity contribution in [2.75, 3.05) is 0 Å². The minimum atomic E-state index is -1.18. The first-order chi connectivity index (χ1) is 11.0. The Kier molecular flexibility index (Phi) is 5.37. The van der Waals surface area contributed by atoms with Crippen molar-refractivity contribution in [2.45, 2.75) is 46.6 Å². The molecule has 2 aromatic rings. The molecule has 2 rings (SSSR count). The molecular formula is C19H23NO3. The maximum Gasteiger partial charge on any atom is 0.341 e. The summed E-state index contributed by atoms with van der Waals surface area (Å²) in [6.45, 7) is 6.71. The Hall–Kier alpha value is -2.36. The number of benzene rings is 1. The number of carbonyl (C=O) groups is 1. The minimum Gasteiger partial charge on any atom is -0.477 e. The van der Waals surface area contributed by atoms with Crippen LogP contribution in [-0.4, -0.2) is 15.6 Å². The molecule has 0 bridgehead atoms. The molecule has 0 radical (unpaired) electrons. The van der Waals surface area contributed by atoms with Crippen LogP contribution in [0.25, 0.3) is 11.3 Å². The Morgan fingerprint density at radius 3 is 2.43 bits per heavy atom. The van der Waals surface area contributed by atoms with E-state index < -0.39 is 11.5 Å². The topological polar surface area (TPSA) is 59.3 Å². The highest BCUT2D eigenvalue weighted by Crippen LogP contribution is 2.22. The Balaban J connectivity index is 2.57. The number of aromatic carboxylic acids is 1. The third kappa shape index (κ3) is 3.70. The normalized spacial score (nSPS) is 10.7. The van der Waals surface area contributed by atoms with E-state index >= 15 is 0 Å². The van der Waals surface area contributed by atoms with Gasteiger partial charge in [0.1, 0.15) is 5.56 Å².